The van der Waals surface area contributed by atoms with Gasteiger partial charge in [0, 0.05) is 0 Å². The Morgan fingerprint density at radius 2 is 2.25 bits per heavy atom. The molecule has 2 unspecified atom stereocenters. The Morgan fingerprint density at radius 1 is 1.58 bits per heavy atom. The molecular formula is C8H7NO3. The van der Waals surface area contributed by atoms with Crippen LogP contribution in [-0.2, 0) is 4.79 Å². The van der Waals surface area contributed by atoms with Gasteiger partial charge in [-0.15, -0.1) is 0 Å². The molecule has 0 aliphatic heterocycles. The van der Waals surface area contributed by atoms with Gasteiger partial charge in [0.25, 0.3) is 0 Å². The van der Waals surface area contributed by atoms with E-state index in [0.29, 0.717) is 0 Å². The largest absolute Gasteiger partial charge is 0.481 e. The van der Waals surface area contributed by atoms with Crippen LogP contribution in [0.5, 0.6) is 0 Å². The van der Waals surface area contributed by atoms with E-state index in [0.717, 1.165) is 0 Å². The second-order valence-corrected chi connectivity index (χ2v) is 2.50. The van der Waals surface area contributed by atoms with Gasteiger partial charge in [-0.25, -0.2) is 0 Å². The van der Waals surface area contributed by atoms with Crippen LogP contribution in [0.3, 0.4) is 0 Å². The summed E-state index contributed by atoms with van der Waals surface area (Å²) in [5, 5.41) is 26.6. The van der Waals surface area contributed by atoms with Crippen molar-refractivity contribution in [2.75, 3.05) is 0 Å². The Bertz CT molecular complexity index is 300. The van der Waals surface area contributed by atoms with Gasteiger partial charge >= 0.3 is 5.97 Å². The molecule has 0 spiro atoms. The summed E-state index contributed by atoms with van der Waals surface area (Å²) in [5.41, 5.74) is -1.90. The first kappa shape index (κ1) is 8.50. The van der Waals surface area contributed by atoms with Crippen LogP contribution in [0.25, 0.3) is 0 Å². The quantitative estimate of drug-likeness (QED) is 0.538. The monoisotopic (exact) mass is 165 g/mol. The van der Waals surface area contributed by atoms with Crippen molar-refractivity contribution in [1.29, 1.82) is 5.26 Å². The first-order chi connectivity index (χ1) is 5.60. The number of nitriles is 1. The molecule has 0 amide bonds. The summed E-state index contributed by atoms with van der Waals surface area (Å²) in [5.74, 6) is -2.38. The molecule has 4 nitrogen and oxygen atoms in total. The van der Waals surface area contributed by atoms with Crippen LogP contribution in [0.4, 0.5) is 0 Å². The minimum Gasteiger partial charge on any atom is -0.481 e. The highest BCUT2D eigenvalue weighted by Gasteiger charge is 2.39. The molecule has 0 bridgehead atoms. The Labute approximate surface area is 69.1 Å². The number of carboxylic acid groups (broad SMARTS) is 1. The number of rotatable bonds is 1. The van der Waals surface area contributed by atoms with E-state index in [4.69, 9.17) is 10.4 Å². The van der Waals surface area contributed by atoms with Crippen molar-refractivity contribution in [3.8, 4) is 6.07 Å². The maximum absolute atomic E-state index is 10.5. The third-order valence-corrected chi connectivity index (χ3v) is 1.68. The second kappa shape index (κ2) is 2.80. The van der Waals surface area contributed by atoms with Gasteiger partial charge in [-0.3, -0.25) is 4.79 Å². The van der Waals surface area contributed by atoms with E-state index in [1.54, 1.807) is 6.07 Å². The standard InChI is InChI=1S/C8H7NO3/c9-5-8(12)4-2-1-3-6(8)7(10)11/h1-4,6,12H,(H,10,11). The molecule has 0 heterocycles. The van der Waals surface area contributed by atoms with E-state index in [1.807, 2.05) is 0 Å². The lowest BCUT2D eigenvalue weighted by molar-refractivity contribution is -0.144. The fraction of sp³-hybridized carbons (Fsp3) is 0.250. The molecule has 1 aliphatic rings. The first-order valence-corrected chi connectivity index (χ1v) is 3.32. The summed E-state index contributed by atoms with van der Waals surface area (Å²) >= 11 is 0. The van der Waals surface area contributed by atoms with Crippen molar-refractivity contribution < 1.29 is 15.0 Å². The molecule has 0 aromatic carbocycles. The highest BCUT2D eigenvalue weighted by Crippen LogP contribution is 2.23. The zero-order chi connectivity index (χ0) is 9.19. The van der Waals surface area contributed by atoms with E-state index in [9.17, 15) is 9.90 Å². The molecule has 62 valence electrons. The zero-order valence-corrected chi connectivity index (χ0v) is 6.14. The second-order valence-electron chi connectivity index (χ2n) is 2.50. The van der Waals surface area contributed by atoms with E-state index in [2.05, 4.69) is 0 Å². The van der Waals surface area contributed by atoms with Crippen molar-refractivity contribution in [3.63, 3.8) is 0 Å². The van der Waals surface area contributed by atoms with Crippen molar-refractivity contribution in [2.45, 2.75) is 5.60 Å². The first-order valence-electron chi connectivity index (χ1n) is 3.32. The van der Waals surface area contributed by atoms with Gasteiger partial charge in [0.15, 0.2) is 5.60 Å². The van der Waals surface area contributed by atoms with Crippen LogP contribution in [0, 0.1) is 17.2 Å². The fourth-order valence-electron chi connectivity index (χ4n) is 1.01. The van der Waals surface area contributed by atoms with Gasteiger partial charge < -0.3 is 10.2 Å². The summed E-state index contributed by atoms with van der Waals surface area (Å²) in [6.45, 7) is 0. The van der Waals surface area contributed by atoms with Crippen LogP contribution in [-0.4, -0.2) is 21.8 Å². The van der Waals surface area contributed by atoms with Crippen molar-refractivity contribution in [3.05, 3.63) is 24.3 Å². The maximum Gasteiger partial charge on any atom is 0.314 e. The van der Waals surface area contributed by atoms with Gasteiger partial charge in [-0.1, -0.05) is 18.2 Å². The predicted molar refractivity (Wildman–Crippen MR) is 40.0 cm³/mol. The number of aliphatic hydroxyl groups is 1. The lowest BCUT2D eigenvalue weighted by Crippen LogP contribution is -2.39. The topological polar surface area (TPSA) is 81.3 Å². The Morgan fingerprint density at radius 3 is 2.67 bits per heavy atom. The molecule has 0 aromatic heterocycles. The number of hydrogen-bond donors (Lipinski definition) is 2. The highest BCUT2D eigenvalue weighted by atomic mass is 16.4. The Balaban J connectivity index is 3.02. The third kappa shape index (κ3) is 1.22. The average Bonchev–Trinajstić information content (AvgIpc) is 2.05. The summed E-state index contributed by atoms with van der Waals surface area (Å²) < 4.78 is 0. The molecular weight excluding hydrogens is 158 g/mol. The summed E-state index contributed by atoms with van der Waals surface area (Å²) in [6.07, 6.45) is 5.39. The van der Waals surface area contributed by atoms with E-state index < -0.39 is 17.5 Å². The normalized spacial score (nSPS) is 32.8. The summed E-state index contributed by atoms with van der Waals surface area (Å²) in [4.78, 5) is 10.5. The smallest absolute Gasteiger partial charge is 0.314 e. The number of hydrogen-bond acceptors (Lipinski definition) is 3. The highest BCUT2D eigenvalue weighted by molar-refractivity contribution is 5.76. The number of carboxylic acids is 1. The Hall–Kier alpha value is -1.60. The molecule has 0 aromatic rings. The predicted octanol–water partition coefficient (Wildman–Crippen LogP) is 0.0679. The lowest BCUT2D eigenvalue weighted by atomic mass is 9.85. The number of allylic oxidation sites excluding steroid dienone is 2. The van der Waals surface area contributed by atoms with Gasteiger partial charge in [0.2, 0.25) is 0 Å². The van der Waals surface area contributed by atoms with Crippen molar-refractivity contribution in [2.24, 2.45) is 5.92 Å². The van der Waals surface area contributed by atoms with E-state index in [-0.39, 0.29) is 0 Å². The van der Waals surface area contributed by atoms with Crippen LogP contribution in [0.2, 0.25) is 0 Å². The fourth-order valence-corrected chi connectivity index (χ4v) is 1.01. The van der Waals surface area contributed by atoms with Gasteiger partial charge in [0.1, 0.15) is 12.0 Å². The Kier molecular flexibility index (Phi) is 1.98. The van der Waals surface area contributed by atoms with Crippen LogP contribution >= 0.6 is 0 Å². The molecule has 2 atom stereocenters. The van der Waals surface area contributed by atoms with Crippen molar-refractivity contribution in [1.82, 2.24) is 0 Å². The SMILES string of the molecule is N#CC1(O)C=CC=CC1C(=O)O. The van der Waals surface area contributed by atoms with Gasteiger partial charge in [-0.05, 0) is 6.08 Å². The van der Waals surface area contributed by atoms with Crippen LogP contribution in [0.15, 0.2) is 24.3 Å². The molecule has 4 heteroatoms. The van der Waals surface area contributed by atoms with Crippen LogP contribution in [0.1, 0.15) is 0 Å². The minimum atomic E-state index is -1.90. The molecule has 0 fully saturated rings. The number of carbonyl (C=O) groups is 1. The van der Waals surface area contributed by atoms with Gasteiger partial charge in [0.05, 0.1) is 0 Å². The van der Waals surface area contributed by atoms with Gasteiger partial charge in [-0.2, -0.15) is 5.26 Å². The molecule has 1 rings (SSSR count). The van der Waals surface area contributed by atoms with E-state index in [1.165, 1.54) is 24.3 Å². The maximum atomic E-state index is 10.5. The molecule has 0 radical (unpaired) electrons. The molecule has 0 saturated carbocycles. The van der Waals surface area contributed by atoms with Crippen LogP contribution < -0.4 is 0 Å². The average molecular weight is 165 g/mol. The van der Waals surface area contributed by atoms with Crippen molar-refractivity contribution >= 4 is 5.97 Å². The minimum absolute atomic E-state index is 1.17. The molecule has 2 N–H and O–H groups in total. The molecule has 12 heavy (non-hydrogen) atoms. The molecule has 1 aliphatic carbocycles. The summed E-state index contributed by atoms with van der Waals surface area (Å²) in [6, 6.07) is 1.55. The van der Waals surface area contributed by atoms with E-state index >= 15 is 0 Å². The zero-order valence-electron chi connectivity index (χ0n) is 6.14. The summed E-state index contributed by atoms with van der Waals surface area (Å²) in [7, 11) is 0. The lowest BCUT2D eigenvalue weighted by Gasteiger charge is -2.22. The number of aliphatic carboxylic acids is 1. The number of nitrogens with zero attached hydrogens (tertiary/aromatic N) is 1. The molecule has 0 saturated heterocycles. The third-order valence-electron chi connectivity index (χ3n) is 1.68.